The van der Waals surface area contributed by atoms with Gasteiger partial charge >= 0.3 is 25.6 Å². The number of benzene rings is 1. The third kappa shape index (κ3) is 10.6. The zero-order valence-electron chi connectivity index (χ0n) is 27.3. The molecule has 22 heteroatoms. The fraction of sp³-hybridized carbons (Fsp3) is 0.429. The molecule has 0 fully saturated rings. The summed E-state index contributed by atoms with van der Waals surface area (Å²) < 4.78 is 49.5. The fourth-order valence-corrected chi connectivity index (χ4v) is 5.50. The molecule has 270 valence electrons. The van der Waals surface area contributed by atoms with E-state index in [4.69, 9.17) is 55.9 Å². The summed E-state index contributed by atoms with van der Waals surface area (Å²) in [5.41, 5.74) is -3.69. The standard InChI is InChI=1S/C28H31Cl2N6O13P/c1-14(2)18-9-22(32-33-24(18)37)49-23-19(29)7-17(8-20(23)30)36-26(39)35(25(38)21(10-31)34-36)11-50(42,45-12-43-27(40)47-15(3)4)46-13-44-28(41)48-16(5)6/h7-9,14-16H,11-13H2,1-6H3,(H,33,37). The smallest absolute Gasteiger partial charge is 0.434 e. The van der Waals surface area contributed by atoms with E-state index in [1.165, 1.54) is 39.8 Å². The minimum absolute atomic E-state index is 0.0564. The fourth-order valence-electron chi connectivity index (χ4n) is 3.69. The highest BCUT2D eigenvalue weighted by molar-refractivity contribution is 7.52. The minimum atomic E-state index is -4.76. The summed E-state index contributed by atoms with van der Waals surface area (Å²) in [6, 6.07) is 5.22. The minimum Gasteiger partial charge on any atom is -0.434 e. The lowest BCUT2D eigenvalue weighted by molar-refractivity contribution is -0.0311. The van der Waals surface area contributed by atoms with Crippen molar-refractivity contribution >= 4 is 43.1 Å². The number of rotatable bonds is 14. The van der Waals surface area contributed by atoms with Crippen LogP contribution in [0.1, 0.15) is 58.7 Å². The molecule has 1 aromatic carbocycles. The molecule has 0 atom stereocenters. The summed E-state index contributed by atoms with van der Waals surface area (Å²) in [4.78, 5) is 62.4. The van der Waals surface area contributed by atoms with Crippen LogP contribution in [0.15, 0.2) is 32.6 Å². The molecule has 3 aromatic rings. The van der Waals surface area contributed by atoms with Crippen LogP contribution in [0, 0.1) is 11.3 Å². The first-order valence-electron chi connectivity index (χ1n) is 14.4. The summed E-state index contributed by atoms with van der Waals surface area (Å²) in [6.07, 6.45) is -4.78. The Morgan fingerprint density at radius 3 is 1.96 bits per heavy atom. The normalized spacial score (nSPS) is 11.4. The van der Waals surface area contributed by atoms with E-state index >= 15 is 0 Å². The summed E-state index contributed by atoms with van der Waals surface area (Å²) in [5.74, 6) is -0.361. The molecule has 0 spiro atoms. The molecule has 0 saturated carbocycles. The maximum Gasteiger partial charge on any atom is 0.510 e. The Balaban J connectivity index is 2.01. The van der Waals surface area contributed by atoms with Gasteiger partial charge in [0.05, 0.1) is 27.9 Å². The van der Waals surface area contributed by atoms with Crippen molar-refractivity contribution in [3.05, 3.63) is 70.7 Å². The van der Waals surface area contributed by atoms with Crippen LogP contribution in [-0.4, -0.2) is 62.6 Å². The lowest BCUT2D eigenvalue weighted by Gasteiger charge is -2.20. The van der Waals surface area contributed by atoms with E-state index in [-0.39, 0.29) is 37.8 Å². The zero-order chi connectivity index (χ0) is 37.3. The Bertz CT molecular complexity index is 1950. The van der Waals surface area contributed by atoms with Crippen molar-refractivity contribution < 1.29 is 46.9 Å². The lowest BCUT2D eigenvalue weighted by atomic mass is 10.1. The van der Waals surface area contributed by atoms with Gasteiger partial charge in [-0.25, -0.2) is 24.0 Å². The summed E-state index contributed by atoms with van der Waals surface area (Å²) in [5, 5.41) is 19.1. The maximum atomic E-state index is 13.7. The van der Waals surface area contributed by atoms with Crippen molar-refractivity contribution in [1.29, 1.82) is 5.26 Å². The summed E-state index contributed by atoms with van der Waals surface area (Å²) in [7, 11) is -4.76. The van der Waals surface area contributed by atoms with E-state index < -0.39 is 74.5 Å². The molecule has 0 saturated heterocycles. The van der Waals surface area contributed by atoms with Crippen molar-refractivity contribution in [1.82, 2.24) is 24.5 Å². The average Bonchev–Trinajstić information content (AvgIpc) is 3.01. The molecule has 0 aliphatic carbocycles. The highest BCUT2D eigenvalue weighted by Crippen LogP contribution is 2.49. The average molecular weight is 761 g/mol. The molecule has 0 amide bonds. The maximum absolute atomic E-state index is 13.7. The van der Waals surface area contributed by atoms with Crippen LogP contribution in [0.25, 0.3) is 5.69 Å². The number of hydrogen-bond donors (Lipinski definition) is 1. The Morgan fingerprint density at radius 2 is 1.48 bits per heavy atom. The third-order valence-electron chi connectivity index (χ3n) is 5.86. The molecule has 0 aliphatic rings. The number of nitrogens with zero attached hydrogens (tertiary/aromatic N) is 5. The molecule has 0 aliphatic heterocycles. The van der Waals surface area contributed by atoms with E-state index in [1.807, 2.05) is 0 Å². The van der Waals surface area contributed by atoms with Gasteiger partial charge in [0.2, 0.25) is 25.2 Å². The molecule has 2 heterocycles. The van der Waals surface area contributed by atoms with Gasteiger partial charge in [-0.05, 0) is 45.7 Å². The van der Waals surface area contributed by atoms with Gasteiger partial charge in [-0.15, -0.1) is 10.2 Å². The molecule has 0 bridgehead atoms. The van der Waals surface area contributed by atoms with Gasteiger partial charge in [-0.1, -0.05) is 37.0 Å². The number of H-pyrrole nitrogens is 1. The van der Waals surface area contributed by atoms with Crippen LogP contribution in [0.5, 0.6) is 11.6 Å². The highest BCUT2D eigenvalue weighted by atomic mass is 35.5. The summed E-state index contributed by atoms with van der Waals surface area (Å²) in [6.45, 7) is 7.58. The molecule has 1 N–H and O–H groups in total. The van der Waals surface area contributed by atoms with Crippen molar-refractivity contribution in [2.24, 2.45) is 0 Å². The van der Waals surface area contributed by atoms with Crippen LogP contribution >= 0.6 is 30.8 Å². The van der Waals surface area contributed by atoms with Crippen LogP contribution in [0.2, 0.25) is 10.0 Å². The lowest BCUT2D eigenvalue weighted by Crippen LogP contribution is -2.42. The van der Waals surface area contributed by atoms with Crippen LogP contribution in [0.3, 0.4) is 0 Å². The number of nitrogens with one attached hydrogen (secondary N) is 1. The first kappa shape index (κ1) is 39.7. The van der Waals surface area contributed by atoms with Crippen molar-refractivity contribution in [3.63, 3.8) is 0 Å². The zero-order valence-corrected chi connectivity index (χ0v) is 29.7. The van der Waals surface area contributed by atoms with Crippen molar-refractivity contribution in [2.75, 3.05) is 13.6 Å². The summed E-state index contributed by atoms with van der Waals surface area (Å²) >= 11 is 12.9. The number of carbonyl (C=O) groups is 2. The monoisotopic (exact) mass is 760 g/mol. The molecule has 3 rings (SSSR count). The molecule has 19 nitrogen and oxygen atoms in total. The van der Waals surface area contributed by atoms with Crippen molar-refractivity contribution in [2.45, 2.75) is 66.0 Å². The van der Waals surface area contributed by atoms with E-state index in [2.05, 4.69) is 15.3 Å². The van der Waals surface area contributed by atoms with Crippen LogP contribution < -0.4 is 21.5 Å². The van der Waals surface area contributed by atoms with Gasteiger partial charge in [0, 0.05) is 11.6 Å². The quantitative estimate of drug-likeness (QED) is 0.132. The van der Waals surface area contributed by atoms with Gasteiger partial charge in [0.15, 0.2) is 5.75 Å². The Labute approximate surface area is 293 Å². The molecule has 0 unspecified atom stereocenters. The largest absolute Gasteiger partial charge is 0.510 e. The van der Waals surface area contributed by atoms with Gasteiger partial charge in [-0.2, -0.15) is 9.94 Å². The number of hydrogen-bond acceptors (Lipinski definition) is 16. The predicted octanol–water partition coefficient (Wildman–Crippen LogP) is 4.79. The van der Waals surface area contributed by atoms with Gasteiger partial charge < -0.3 is 23.7 Å². The number of aromatic amines is 1. The van der Waals surface area contributed by atoms with Crippen molar-refractivity contribution in [3.8, 4) is 23.4 Å². The SMILES string of the molecule is CC(C)OC(=O)OCOP(=O)(Cn1c(=O)c(C#N)nn(-c2cc(Cl)c(Oc3cc(C(C)C)c(=O)[nH]n3)c(Cl)c2)c1=O)OCOC(=O)OC(C)C. The van der Waals surface area contributed by atoms with Gasteiger partial charge in [0.25, 0.3) is 11.1 Å². The molecule has 2 aromatic heterocycles. The number of halogens is 2. The van der Waals surface area contributed by atoms with Crippen LogP contribution in [-0.2, 0) is 38.8 Å². The highest BCUT2D eigenvalue weighted by Gasteiger charge is 2.31. The first-order chi connectivity index (χ1) is 23.4. The number of carbonyl (C=O) groups excluding carboxylic acids is 2. The first-order valence-corrected chi connectivity index (χ1v) is 16.9. The second-order valence-corrected chi connectivity index (χ2v) is 13.6. The topological polar surface area (TPSA) is 242 Å². The molecular formula is C28H31Cl2N6O13P. The van der Waals surface area contributed by atoms with Crippen LogP contribution in [0.4, 0.5) is 9.59 Å². The molecule has 0 radical (unpaired) electrons. The molecule has 50 heavy (non-hydrogen) atoms. The Kier molecular flexibility index (Phi) is 13.7. The Morgan fingerprint density at radius 1 is 0.940 bits per heavy atom. The van der Waals surface area contributed by atoms with Gasteiger partial charge in [0.1, 0.15) is 12.4 Å². The van der Waals surface area contributed by atoms with E-state index in [0.29, 0.717) is 10.2 Å². The second kappa shape index (κ2) is 17.3. The van der Waals surface area contributed by atoms with E-state index in [9.17, 15) is 33.8 Å². The van der Waals surface area contributed by atoms with E-state index in [0.717, 1.165) is 12.1 Å². The van der Waals surface area contributed by atoms with Gasteiger partial charge in [-0.3, -0.25) is 23.2 Å². The number of nitriles is 1. The number of aromatic nitrogens is 5. The molecular weight excluding hydrogens is 730 g/mol. The predicted molar refractivity (Wildman–Crippen MR) is 173 cm³/mol. The number of ether oxygens (including phenoxy) is 5. The van der Waals surface area contributed by atoms with E-state index in [1.54, 1.807) is 13.8 Å². The Hall–Kier alpha value is -4.73. The third-order valence-corrected chi connectivity index (χ3v) is 8.05. The second-order valence-electron chi connectivity index (χ2n) is 10.7.